The number of nitrogens with one attached hydrogen (secondary N) is 1. The monoisotopic (exact) mass is 339 g/mol. The fraction of sp³-hybridized carbons (Fsp3) is 0.286. The van der Waals surface area contributed by atoms with Crippen molar-refractivity contribution < 1.29 is 14.3 Å². The molecular weight excluding hydrogens is 314 g/mol. The van der Waals surface area contributed by atoms with Crippen LogP contribution < -0.4 is 14.8 Å². The molecule has 0 heterocycles. The van der Waals surface area contributed by atoms with Crippen molar-refractivity contribution in [3.8, 4) is 11.5 Å². The van der Waals surface area contributed by atoms with Crippen molar-refractivity contribution in [1.29, 1.82) is 0 Å². The van der Waals surface area contributed by atoms with Crippen LogP contribution in [-0.2, 0) is 0 Å². The summed E-state index contributed by atoms with van der Waals surface area (Å²) >= 11 is 0. The van der Waals surface area contributed by atoms with Crippen LogP contribution in [0, 0.1) is 0 Å². The van der Waals surface area contributed by atoms with Crippen molar-refractivity contribution in [2.45, 2.75) is 19.8 Å². The van der Waals surface area contributed by atoms with Crippen LogP contribution >= 0.6 is 0 Å². The molecule has 0 spiro atoms. The Morgan fingerprint density at radius 3 is 2.52 bits per heavy atom. The van der Waals surface area contributed by atoms with Gasteiger partial charge in [-0.15, -0.1) is 0 Å². The van der Waals surface area contributed by atoms with Gasteiger partial charge in [-0.3, -0.25) is 4.79 Å². The van der Waals surface area contributed by atoms with Crippen LogP contribution in [0.3, 0.4) is 0 Å². The Morgan fingerprint density at radius 1 is 1.12 bits per heavy atom. The molecule has 25 heavy (non-hydrogen) atoms. The zero-order valence-corrected chi connectivity index (χ0v) is 14.8. The molecule has 0 aromatic heterocycles. The van der Waals surface area contributed by atoms with Gasteiger partial charge in [0.05, 0.1) is 6.54 Å². The summed E-state index contributed by atoms with van der Waals surface area (Å²) in [5.41, 5.74) is 1.76. The summed E-state index contributed by atoms with van der Waals surface area (Å²) in [6.07, 6.45) is 1.68. The summed E-state index contributed by atoms with van der Waals surface area (Å²) in [6.45, 7) is 9.18. The maximum Gasteiger partial charge on any atom is 0.251 e. The smallest absolute Gasteiger partial charge is 0.251 e. The molecule has 0 bridgehead atoms. The molecule has 4 heteroatoms. The molecule has 0 aliphatic rings. The molecule has 0 aliphatic carbocycles. The highest BCUT2D eigenvalue weighted by atomic mass is 16.5. The van der Waals surface area contributed by atoms with E-state index in [-0.39, 0.29) is 5.91 Å². The van der Waals surface area contributed by atoms with Crippen LogP contribution in [0.2, 0.25) is 0 Å². The van der Waals surface area contributed by atoms with E-state index >= 15 is 0 Å². The van der Waals surface area contributed by atoms with E-state index in [1.807, 2.05) is 18.2 Å². The molecule has 1 N–H and O–H groups in total. The first-order valence-corrected chi connectivity index (χ1v) is 8.45. The maximum absolute atomic E-state index is 12.1. The number of para-hydroxylation sites is 1. The lowest BCUT2D eigenvalue weighted by atomic mass is 10.0. The van der Waals surface area contributed by atoms with Gasteiger partial charge >= 0.3 is 0 Å². The maximum atomic E-state index is 12.1. The van der Waals surface area contributed by atoms with Gasteiger partial charge in [0.25, 0.3) is 5.91 Å². The van der Waals surface area contributed by atoms with Gasteiger partial charge in [0.15, 0.2) is 0 Å². The van der Waals surface area contributed by atoms with E-state index < -0.39 is 0 Å². The Morgan fingerprint density at radius 2 is 1.84 bits per heavy atom. The van der Waals surface area contributed by atoms with Crippen LogP contribution in [0.4, 0.5) is 0 Å². The fourth-order valence-electron chi connectivity index (χ4n) is 2.37. The molecule has 0 saturated heterocycles. The minimum absolute atomic E-state index is 0.129. The summed E-state index contributed by atoms with van der Waals surface area (Å²) in [7, 11) is 0. The molecule has 132 valence electrons. The Labute approximate surface area is 149 Å². The number of hydrogen-bond acceptors (Lipinski definition) is 3. The molecule has 1 amide bonds. The highest BCUT2D eigenvalue weighted by Gasteiger charge is 2.08. The summed E-state index contributed by atoms with van der Waals surface area (Å²) < 4.78 is 11.2. The van der Waals surface area contributed by atoms with Crippen molar-refractivity contribution in [3.05, 3.63) is 72.3 Å². The van der Waals surface area contributed by atoms with Gasteiger partial charge in [-0.1, -0.05) is 44.7 Å². The first-order chi connectivity index (χ1) is 12.1. The lowest BCUT2D eigenvalue weighted by Gasteiger charge is -2.14. The molecule has 0 atom stereocenters. The SMILES string of the molecule is C=CCOc1ccc(C(=O)NCCOc2ccccc2C(C)C)cc1. The highest BCUT2D eigenvalue weighted by molar-refractivity contribution is 5.94. The third-order valence-corrected chi connectivity index (χ3v) is 3.67. The molecule has 0 unspecified atom stereocenters. The van der Waals surface area contributed by atoms with Crippen LogP contribution in [0.1, 0.15) is 35.7 Å². The molecule has 0 radical (unpaired) electrons. The predicted octanol–water partition coefficient (Wildman–Crippen LogP) is 4.18. The number of carbonyl (C=O) groups is 1. The van der Waals surface area contributed by atoms with Crippen molar-refractivity contribution in [2.75, 3.05) is 19.8 Å². The third kappa shape index (κ3) is 5.68. The van der Waals surface area contributed by atoms with E-state index in [2.05, 4.69) is 31.8 Å². The quantitative estimate of drug-likeness (QED) is 0.550. The second-order valence-electron chi connectivity index (χ2n) is 5.92. The van der Waals surface area contributed by atoms with E-state index in [0.717, 1.165) is 5.75 Å². The molecule has 0 fully saturated rings. The third-order valence-electron chi connectivity index (χ3n) is 3.67. The van der Waals surface area contributed by atoms with Gasteiger partial charge in [0.1, 0.15) is 24.7 Å². The lowest BCUT2D eigenvalue weighted by Crippen LogP contribution is -2.28. The summed E-state index contributed by atoms with van der Waals surface area (Å²) in [5, 5.41) is 2.86. The van der Waals surface area contributed by atoms with Crippen LogP contribution in [0.25, 0.3) is 0 Å². The normalized spacial score (nSPS) is 10.4. The second-order valence-corrected chi connectivity index (χ2v) is 5.92. The van der Waals surface area contributed by atoms with Crippen molar-refractivity contribution in [1.82, 2.24) is 5.32 Å². The molecule has 0 saturated carbocycles. The molecular formula is C21H25NO3. The number of rotatable bonds is 9. The van der Waals surface area contributed by atoms with Gasteiger partial charge in [0, 0.05) is 5.56 Å². The Hall–Kier alpha value is -2.75. The predicted molar refractivity (Wildman–Crippen MR) is 100 cm³/mol. The fourth-order valence-corrected chi connectivity index (χ4v) is 2.37. The van der Waals surface area contributed by atoms with Gasteiger partial charge in [-0.25, -0.2) is 0 Å². The molecule has 2 aromatic carbocycles. The average Bonchev–Trinajstić information content (AvgIpc) is 2.64. The minimum atomic E-state index is -0.129. The number of hydrogen-bond donors (Lipinski definition) is 1. The first-order valence-electron chi connectivity index (χ1n) is 8.45. The number of benzene rings is 2. The molecule has 0 aliphatic heterocycles. The zero-order chi connectivity index (χ0) is 18.1. The minimum Gasteiger partial charge on any atom is -0.491 e. The molecule has 2 aromatic rings. The van der Waals surface area contributed by atoms with E-state index in [4.69, 9.17) is 9.47 Å². The van der Waals surface area contributed by atoms with Gasteiger partial charge in [-0.2, -0.15) is 0 Å². The Kier molecular flexibility index (Phi) is 7.08. The summed E-state index contributed by atoms with van der Waals surface area (Å²) in [6, 6.07) is 15.0. The van der Waals surface area contributed by atoms with Crippen molar-refractivity contribution in [3.63, 3.8) is 0 Å². The van der Waals surface area contributed by atoms with Crippen LogP contribution in [-0.4, -0.2) is 25.7 Å². The number of amides is 1. The standard InChI is InChI=1S/C21H25NO3/c1-4-14-24-18-11-9-17(10-12-18)21(23)22-13-15-25-20-8-6-5-7-19(20)16(2)3/h4-12,16H,1,13-15H2,2-3H3,(H,22,23). The first kappa shape index (κ1) is 18.6. The van der Waals surface area contributed by atoms with Crippen molar-refractivity contribution in [2.24, 2.45) is 0 Å². The largest absolute Gasteiger partial charge is 0.491 e. The number of ether oxygens (including phenoxy) is 2. The second kappa shape index (κ2) is 9.52. The summed E-state index contributed by atoms with van der Waals surface area (Å²) in [5.74, 6) is 1.85. The van der Waals surface area contributed by atoms with E-state index in [1.54, 1.807) is 30.3 Å². The Bertz CT molecular complexity index is 693. The van der Waals surface area contributed by atoms with Crippen molar-refractivity contribution >= 4 is 5.91 Å². The van der Waals surface area contributed by atoms with E-state index in [1.165, 1.54) is 5.56 Å². The topological polar surface area (TPSA) is 47.6 Å². The molecule has 4 nitrogen and oxygen atoms in total. The van der Waals surface area contributed by atoms with E-state index in [9.17, 15) is 4.79 Å². The highest BCUT2D eigenvalue weighted by Crippen LogP contribution is 2.25. The lowest BCUT2D eigenvalue weighted by molar-refractivity contribution is 0.0947. The van der Waals surface area contributed by atoms with Gasteiger partial charge < -0.3 is 14.8 Å². The Balaban J connectivity index is 1.80. The van der Waals surface area contributed by atoms with Gasteiger partial charge in [-0.05, 0) is 41.8 Å². The van der Waals surface area contributed by atoms with Crippen LogP contribution in [0.15, 0.2) is 61.2 Å². The van der Waals surface area contributed by atoms with E-state index in [0.29, 0.717) is 37.0 Å². The molecule has 2 rings (SSSR count). The number of carbonyl (C=O) groups excluding carboxylic acids is 1. The average molecular weight is 339 g/mol. The summed E-state index contributed by atoms with van der Waals surface area (Å²) in [4.78, 5) is 12.1. The van der Waals surface area contributed by atoms with Crippen LogP contribution in [0.5, 0.6) is 11.5 Å². The zero-order valence-electron chi connectivity index (χ0n) is 14.8. The van der Waals surface area contributed by atoms with Gasteiger partial charge in [0.2, 0.25) is 0 Å².